The van der Waals surface area contributed by atoms with E-state index in [0.717, 1.165) is 11.3 Å². The van der Waals surface area contributed by atoms with Crippen LogP contribution in [0.1, 0.15) is 32.0 Å². The summed E-state index contributed by atoms with van der Waals surface area (Å²) in [5.41, 5.74) is 5.68. The van der Waals surface area contributed by atoms with Gasteiger partial charge in [-0.2, -0.15) is 0 Å². The molecule has 132 valence electrons. The predicted octanol–water partition coefficient (Wildman–Crippen LogP) is 5.83. The number of benzene rings is 1. The van der Waals surface area contributed by atoms with Crippen LogP contribution in [0.15, 0.2) is 48.8 Å². The third-order valence-corrected chi connectivity index (χ3v) is 9.77. The van der Waals surface area contributed by atoms with E-state index >= 15 is 0 Å². The van der Waals surface area contributed by atoms with E-state index < -0.39 is 8.32 Å². The molecule has 0 bridgehead atoms. The van der Waals surface area contributed by atoms with Crippen molar-refractivity contribution in [2.24, 2.45) is 0 Å². The number of hydrogen-bond acceptors (Lipinski definition) is 2. The van der Waals surface area contributed by atoms with Crippen LogP contribution in [-0.2, 0) is 11.0 Å². The normalized spacial score (nSPS) is 12.7. The Labute approximate surface area is 151 Å². The van der Waals surface area contributed by atoms with Crippen LogP contribution >= 0.6 is 0 Å². The minimum Gasteiger partial charge on any atom is -0.413 e. The molecule has 0 unspecified atom stereocenters. The lowest BCUT2D eigenvalue weighted by molar-refractivity contribution is 0.277. The first kappa shape index (κ1) is 17.9. The van der Waals surface area contributed by atoms with Crippen LogP contribution in [0.5, 0.6) is 0 Å². The first-order valence-electron chi connectivity index (χ1n) is 8.85. The fraction of sp³-hybridized carbons (Fsp3) is 0.381. The summed E-state index contributed by atoms with van der Waals surface area (Å²) in [6.45, 7) is 14.1. The molecule has 0 saturated carbocycles. The Morgan fingerprint density at radius 1 is 1.04 bits per heavy atom. The Morgan fingerprint density at radius 3 is 2.48 bits per heavy atom. The molecule has 2 aromatic heterocycles. The summed E-state index contributed by atoms with van der Waals surface area (Å²) >= 11 is 0. The van der Waals surface area contributed by atoms with Gasteiger partial charge in [0.05, 0.1) is 12.3 Å². The topological polar surface area (TPSA) is 26.5 Å². The molecule has 0 amide bonds. The maximum Gasteiger partial charge on any atom is 0.192 e. The Hall–Kier alpha value is -1.91. The monoisotopic (exact) mass is 352 g/mol. The second-order valence-electron chi connectivity index (χ2n) is 8.27. The molecule has 0 N–H and O–H groups in total. The summed E-state index contributed by atoms with van der Waals surface area (Å²) in [5.74, 6) is 0. The minimum atomic E-state index is -1.77. The van der Waals surface area contributed by atoms with Crippen LogP contribution in [-0.4, -0.2) is 17.7 Å². The number of hydrogen-bond donors (Lipinski definition) is 0. The third-order valence-electron chi connectivity index (χ3n) is 5.29. The van der Waals surface area contributed by atoms with E-state index in [-0.39, 0.29) is 5.04 Å². The summed E-state index contributed by atoms with van der Waals surface area (Å²) in [6, 6.07) is 12.8. The molecule has 0 aliphatic rings. The molecule has 2 heterocycles. The third kappa shape index (κ3) is 3.70. The molecule has 4 heteroatoms. The first-order chi connectivity index (χ1) is 11.7. The van der Waals surface area contributed by atoms with Crippen LogP contribution in [0.25, 0.3) is 16.8 Å². The zero-order chi connectivity index (χ0) is 18.2. The Balaban J connectivity index is 1.92. The molecular formula is C21H28N2OSi. The van der Waals surface area contributed by atoms with Gasteiger partial charge in [-0.25, -0.2) is 4.98 Å². The van der Waals surface area contributed by atoms with Crippen molar-refractivity contribution in [1.82, 2.24) is 9.38 Å². The SMILES string of the molecule is Cc1cn2cc(-c3ccccc3CO[Si](C)(C)C(C)(C)C)ccc2n1. The van der Waals surface area contributed by atoms with Gasteiger partial charge in [-0.05, 0) is 53.9 Å². The van der Waals surface area contributed by atoms with Crippen LogP contribution in [0.3, 0.4) is 0 Å². The molecular weight excluding hydrogens is 324 g/mol. The van der Waals surface area contributed by atoms with Gasteiger partial charge < -0.3 is 8.83 Å². The lowest BCUT2D eigenvalue weighted by Gasteiger charge is -2.36. The van der Waals surface area contributed by atoms with Crippen LogP contribution in [0, 0.1) is 6.92 Å². The van der Waals surface area contributed by atoms with E-state index in [4.69, 9.17) is 4.43 Å². The average Bonchev–Trinajstić information content (AvgIpc) is 2.91. The number of pyridine rings is 1. The molecule has 3 rings (SSSR count). The van der Waals surface area contributed by atoms with E-state index in [1.54, 1.807) is 0 Å². The van der Waals surface area contributed by atoms with Crippen molar-refractivity contribution in [1.29, 1.82) is 0 Å². The molecule has 0 spiro atoms. The molecule has 0 radical (unpaired) electrons. The van der Waals surface area contributed by atoms with Crippen LogP contribution in [0.2, 0.25) is 18.1 Å². The smallest absolute Gasteiger partial charge is 0.192 e. The lowest BCUT2D eigenvalue weighted by Crippen LogP contribution is -2.40. The zero-order valence-corrected chi connectivity index (χ0v) is 17.1. The number of nitrogens with zero attached hydrogens (tertiary/aromatic N) is 2. The number of rotatable bonds is 4. The quantitative estimate of drug-likeness (QED) is 0.552. The summed E-state index contributed by atoms with van der Waals surface area (Å²) in [4.78, 5) is 4.51. The number of aromatic nitrogens is 2. The van der Waals surface area contributed by atoms with Gasteiger partial charge in [0.15, 0.2) is 8.32 Å². The van der Waals surface area contributed by atoms with Crippen molar-refractivity contribution in [2.45, 2.75) is 52.4 Å². The molecule has 0 aliphatic heterocycles. The summed E-state index contributed by atoms with van der Waals surface area (Å²) < 4.78 is 8.55. The van der Waals surface area contributed by atoms with Gasteiger partial charge in [-0.15, -0.1) is 0 Å². The van der Waals surface area contributed by atoms with Gasteiger partial charge in [-0.1, -0.05) is 45.0 Å². The second kappa shape index (κ2) is 6.43. The van der Waals surface area contributed by atoms with Gasteiger partial charge in [0.25, 0.3) is 0 Å². The minimum absolute atomic E-state index is 0.217. The van der Waals surface area contributed by atoms with Gasteiger partial charge in [0.1, 0.15) is 5.65 Å². The van der Waals surface area contributed by atoms with Crippen molar-refractivity contribution < 1.29 is 4.43 Å². The molecule has 0 saturated heterocycles. The van der Waals surface area contributed by atoms with Gasteiger partial charge >= 0.3 is 0 Å². The van der Waals surface area contributed by atoms with Crippen LogP contribution < -0.4 is 0 Å². The Kier molecular flexibility index (Phi) is 4.60. The Bertz CT molecular complexity index is 890. The van der Waals surface area contributed by atoms with Crippen molar-refractivity contribution in [2.75, 3.05) is 0 Å². The standard InChI is InChI=1S/C21H28N2OSi/c1-16-13-23-14-17(11-12-20(23)22-16)19-10-8-7-9-18(19)15-24-25(5,6)21(2,3)4/h7-14H,15H2,1-6H3. The van der Waals surface area contributed by atoms with E-state index in [1.807, 2.05) is 6.92 Å². The van der Waals surface area contributed by atoms with Gasteiger partial charge in [0.2, 0.25) is 0 Å². The molecule has 0 atom stereocenters. The average molecular weight is 353 g/mol. The summed E-state index contributed by atoms with van der Waals surface area (Å²) in [7, 11) is -1.77. The highest BCUT2D eigenvalue weighted by molar-refractivity contribution is 6.74. The lowest BCUT2D eigenvalue weighted by atomic mass is 10.0. The first-order valence-corrected chi connectivity index (χ1v) is 11.8. The second-order valence-corrected chi connectivity index (χ2v) is 13.1. The van der Waals surface area contributed by atoms with Gasteiger partial charge in [-0.3, -0.25) is 0 Å². The fourth-order valence-corrected chi connectivity index (χ4v) is 3.63. The fourth-order valence-electron chi connectivity index (χ4n) is 2.68. The Morgan fingerprint density at radius 2 is 1.76 bits per heavy atom. The van der Waals surface area contributed by atoms with E-state index in [1.165, 1.54) is 16.7 Å². The number of fused-ring (bicyclic) bond motifs is 1. The largest absolute Gasteiger partial charge is 0.413 e. The highest BCUT2D eigenvalue weighted by Gasteiger charge is 2.37. The highest BCUT2D eigenvalue weighted by Crippen LogP contribution is 2.37. The summed E-state index contributed by atoms with van der Waals surface area (Å²) in [5, 5.41) is 0.217. The molecule has 0 aliphatic carbocycles. The number of aryl methyl sites for hydroxylation is 1. The zero-order valence-electron chi connectivity index (χ0n) is 16.1. The van der Waals surface area contributed by atoms with Gasteiger partial charge in [0, 0.05) is 12.4 Å². The molecule has 0 fully saturated rings. The van der Waals surface area contributed by atoms with Crippen molar-refractivity contribution in [3.8, 4) is 11.1 Å². The van der Waals surface area contributed by atoms with E-state index in [2.05, 4.69) is 92.0 Å². The predicted molar refractivity (Wildman–Crippen MR) is 107 cm³/mol. The molecule has 1 aromatic carbocycles. The van der Waals surface area contributed by atoms with E-state index in [9.17, 15) is 0 Å². The van der Waals surface area contributed by atoms with Crippen molar-refractivity contribution in [3.05, 3.63) is 60.0 Å². The molecule has 3 aromatic rings. The maximum atomic E-state index is 6.45. The highest BCUT2D eigenvalue weighted by atomic mass is 28.4. The summed E-state index contributed by atoms with van der Waals surface area (Å²) in [6.07, 6.45) is 4.22. The van der Waals surface area contributed by atoms with E-state index in [0.29, 0.717) is 6.61 Å². The maximum absolute atomic E-state index is 6.45. The molecule has 25 heavy (non-hydrogen) atoms. The van der Waals surface area contributed by atoms with Crippen molar-refractivity contribution in [3.63, 3.8) is 0 Å². The number of imidazole rings is 1. The molecule has 3 nitrogen and oxygen atoms in total. The van der Waals surface area contributed by atoms with Crippen molar-refractivity contribution >= 4 is 14.0 Å². The van der Waals surface area contributed by atoms with Crippen LogP contribution in [0.4, 0.5) is 0 Å².